The lowest BCUT2D eigenvalue weighted by Gasteiger charge is -2.21. The third-order valence-corrected chi connectivity index (χ3v) is 6.67. The number of rotatable bonds is 8. The van der Waals surface area contributed by atoms with E-state index in [1.54, 1.807) is 20.4 Å². The van der Waals surface area contributed by atoms with E-state index in [4.69, 9.17) is 18.9 Å². The fourth-order valence-electron chi connectivity index (χ4n) is 4.63. The summed E-state index contributed by atoms with van der Waals surface area (Å²) in [6, 6.07) is 9.32. The molecule has 0 saturated heterocycles. The van der Waals surface area contributed by atoms with Crippen LogP contribution in [0, 0.1) is 19.8 Å². The molecule has 7 heteroatoms. The molecule has 7 nitrogen and oxygen atoms in total. The SMILES string of the molecule is COc1cc2nccc(Oc3cc(C)c(NC(=O)OCCC4CCCCC4)cc3C)c2cc1OC. The van der Waals surface area contributed by atoms with Gasteiger partial charge in [-0.1, -0.05) is 32.1 Å². The Morgan fingerprint density at radius 1 is 0.943 bits per heavy atom. The van der Waals surface area contributed by atoms with E-state index in [-0.39, 0.29) is 0 Å². The van der Waals surface area contributed by atoms with E-state index >= 15 is 0 Å². The van der Waals surface area contributed by atoms with Crippen molar-refractivity contribution >= 4 is 22.7 Å². The second kappa shape index (κ2) is 11.3. The number of anilines is 1. The van der Waals surface area contributed by atoms with Crippen LogP contribution in [0.15, 0.2) is 36.5 Å². The molecule has 1 aliphatic rings. The predicted octanol–water partition coefficient (Wildman–Crippen LogP) is 7.18. The molecule has 0 bridgehead atoms. The molecule has 3 aromatic rings. The standard InChI is InChI=1S/C28H34N2O5/c1-18-15-25(35-24-10-12-29-23-17-27(33-4)26(32-3)16-21(23)24)19(2)14-22(18)30-28(31)34-13-11-20-8-6-5-7-9-20/h10,12,14-17,20H,5-9,11,13H2,1-4H3,(H,30,31). The molecule has 2 aromatic carbocycles. The largest absolute Gasteiger partial charge is 0.493 e. The van der Waals surface area contributed by atoms with Crippen LogP contribution in [0.3, 0.4) is 0 Å². The molecule has 1 N–H and O–H groups in total. The van der Waals surface area contributed by atoms with Crippen molar-refractivity contribution in [3.05, 3.63) is 47.7 Å². The number of ether oxygens (including phenoxy) is 4. The highest BCUT2D eigenvalue weighted by Gasteiger charge is 2.16. The maximum Gasteiger partial charge on any atom is 0.411 e. The van der Waals surface area contributed by atoms with E-state index in [0.29, 0.717) is 41.2 Å². The second-order valence-electron chi connectivity index (χ2n) is 9.12. The van der Waals surface area contributed by atoms with E-state index < -0.39 is 6.09 Å². The van der Waals surface area contributed by atoms with Crippen molar-refractivity contribution < 1.29 is 23.7 Å². The van der Waals surface area contributed by atoms with Crippen molar-refractivity contribution in [2.45, 2.75) is 52.4 Å². The van der Waals surface area contributed by atoms with Gasteiger partial charge in [0.2, 0.25) is 0 Å². The van der Waals surface area contributed by atoms with Crippen LogP contribution in [-0.4, -0.2) is 31.9 Å². The number of aromatic nitrogens is 1. The van der Waals surface area contributed by atoms with E-state index in [9.17, 15) is 4.79 Å². The molecular weight excluding hydrogens is 444 g/mol. The summed E-state index contributed by atoms with van der Waals surface area (Å²) in [6.45, 7) is 4.34. The summed E-state index contributed by atoms with van der Waals surface area (Å²) in [4.78, 5) is 16.8. The van der Waals surface area contributed by atoms with Gasteiger partial charge >= 0.3 is 6.09 Å². The fourth-order valence-corrected chi connectivity index (χ4v) is 4.63. The first-order chi connectivity index (χ1) is 17.0. The number of fused-ring (bicyclic) bond motifs is 1. The fraction of sp³-hybridized carbons (Fsp3) is 0.429. The summed E-state index contributed by atoms with van der Waals surface area (Å²) in [5.41, 5.74) is 3.22. The van der Waals surface area contributed by atoms with Gasteiger partial charge in [0.1, 0.15) is 11.5 Å². The third kappa shape index (κ3) is 5.96. The molecular formula is C28H34N2O5. The van der Waals surface area contributed by atoms with Crippen molar-refractivity contribution in [3.8, 4) is 23.0 Å². The maximum absolute atomic E-state index is 12.4. The lowest BCUT2D eigenvalue weighted by atomic mass is 9.87. The number of aryl methyl sites for hydroxylation is 2. The quantitative estimate of drug-likeness (QED) is 0.369. The Balaban J connectivity index is 1.45. The highest BCUT2D eigenvalue weighted by Crippen LogP contribution is 2.38. The van der Waals surface area contributed by atoms with Gasteiger partial charge in [-0.25, -0.2) is 4.79 Å². The third-order valence-electron chi connectivity index (χ3n) is 6.67. The molecule has 0 aliphatic heterocycles. The van der Waals surface area contributed by atoms with Crippen molar-refractivity contribution in [2.24, 2.45) is 5.92 Å². The number of hydrogen-bond donors (Lipinski definition) is 1. The van der Waals surface area contributed by atoms with Crippen LogP contribution in [-0.2, 0) is 4.74 Å². The highest BCUT2D eigenvalue weighted by molar-refractivity contribution is 5.89. The smallest absolute Gasteiger partial charge is 0.411 e. The maximum atomic E-state index is 12.4. The molecule has 1 fully saturated rings. The molecule has 1 amide bonds. The molecule has 1 saturated carbocycles. The van der Waals surface area contributed by atoms with Crippen LogP contribution < -0.4 is 19.5 Å². The topological polar surface area (TPSA) is 78.9 Å². The van der Waals surface area contributed by atoms with Gasteiger partial charge in [0, 0.05) is 23.3 Å². The van der Waals surface area contributed by atoms with Crippen molar-refractivity contribution in [1.29, 1.82) is 0 Å². The molecule has 0 unspecified atom stereocenters. The number of nitrogens with one attached hydrogen (secondary N) is 1. The van der Waals surface area contributed by atoms with Crippen LogP contribution in [0.4, 0.5) is 10.5 Å². The van der Waals surface area contributed by atoms with Crippen LogP contribution in [0.5, 0.6) is 23.0 Å². The van der Waals surface area contributed by atoms with Gasteiger partial charge < -0.3 is 18.9 Å². The zero-order chi connectivity index (χ0) is 24.8. The summed E-state index contributed by atoms with van der Waals surface area (Å²) in [6.07, 6.45) is 8.63. The van der Waals surface area contributed by atoms with E-state index in [0.717, 1.165) is 28.5 Å². The normalized spacial score (nSPS) is 13.9. The Morgan fingerprint density at radius 2 is 1.69 bits per heavy atom. The van der Waals surface area contributed by atoms with Crippen LogP contribution in [0.2, 0.25) is 0 Å². The Morgan fingerprint density at radius 3 is 2.43 bits per heavy atom. The monoisotopic (exact) mass is 478 g/mol. The lowest BCUT2D eigenvalue weighted by molar-refractivity contribution is 0.148. The molecule has 1 aromatic heterocycles. The first-order valence-corrected chi connectivity index (χ1v) is 12.2. The zero-order valence-corrected chi connectivity index (χ0v) is 21.0. The van der Waals surface area contributed by atoms with E-state index in [2.05, 4.69) is 10.3 Å². The number of nitrogens with zero attached hydrogens (tertiary/aromatic N) is 1. The molecule has 4 rings (SSSR count). The molecule has 1 aliphatic carbocycles. The number of carbonyl (C=O) groups excluding carboxylic acids is 1. The highest BCUT2D eigenvalue weighted by atomic mass is 16.5. The number of carbonyl (C=O) groups is 1. The second-order valence-corrected chi connectivity index (χ2v) is 9.12. The Kier molecular flexibility index (Phi) is 7.95. The van der Waals surface area contributed by atoms with Gasteiger partial charge in [-0.15, -0.1) is 0 Å². The van der Waals surface area contributed by atoms with Crippen LogP contribution >= 0.6 is 0 Å². The Bertz CT molecular complexity index is 1190. The molecule has 35 heavy (non-hydrogen) atoms. The van der Waals surface area contributed by atoms with Crippen molar-refractivity contribution in [2.75, 3.05) is 26.1 Å². The van der Waals surface area contributed by atoms with E-state index in [1.807, 2.05) is 44.2 Å². The zero-order valence-electron chi connectivity index (χ0n) is 21.0. The predicted molar refractivity (Wildman–Crippen MR) is 137 cm³/mol. The van der Waals surface area contributed by atoms with Crippen LogP contribution in [0.1, 0.15) is 49.7 Å². The first-order valence-electron chi connectivity index (χ1n) is 12.2. The van der Waals surface area contributed by atoms with Crippen LogP contribution in [0.25, 0.3) is 10.9 Å². The van der Waals surface area contributed by atoms with Crippen molar-refractivity contribution in [3.63, 3.8) is 0 Å². The average molecular weight is 479 g/mol. The lowest BCUT2D eigenvalue weighted by Crippen LogP contribution is -2.17. The minimum Gasteiger partial charge on any atom is -0.493 e. The van der Waals surface area contributed by atoms with E-state index in [1.165, 1.54) is 32.1 Å². The van der Waals surface area contributed by atoms with Gasteiger partial charge in [-0.2, -0.15) is 0 Å². The summed E-state index contributed by atoms with van der Waals surface area (Å²) in [5.74, 6) is 3.24. The summed E-state index contributed by atoms with van der Waals surface area (Å²) in [7, 11) is 3.19. The summed E-state index contributed by atoms with van der Waals surface area (Å²) < 4.78 is 22.6. The van der Waals surface area contributed by atoms with Gasteiger partial charge in [-0.3, -0.25) is 10.3 Å². The van der Waals surface area contributed by atoms with Gasteiger partial charge in [-0.05, 0) is 61.6 Å². The molecule has 1 heterocycles. The number of amides is 1. The molecule has 0 radical (unpaired) electrons. The summed E-state index contributed by atoms with van der Waals surface area (Å²) in [5, 5.41) is 3.69. The van der Waals surface area contributed by atoms with Gasteiger partial charge in [0.25, 0.3) is 0 Å². The number of methoxy groups -OCH3 is 2. The van der Waals surface area contributed by atoms with Gasteiger partial charge in [0.05, 0.1) is 26.3 Å². The minimum atomic E-state index is -0.418. The summed E-state index contributed by atoms with van der Waals surface area (Å²) >= 11 is 0. The minimum absolute atomic E-state index is 0.418. The average Bonchev–Trinajstić information content (AvgIpc) is 2.87. The van der Waals surface area contributed by atoms with Gasteiger partial charge in [0.15, 0.2) is 11.5 Å². The number of benzene rings is 2. The molecule has 0 atom stereocenters. The Hall–Kier alpha value is -3.48. The molecule has 186 valence electrons. The first kappa shape index (κ1) is 24.6. The Labute approximate surface area is 206 Å². The molecule has 0 spiro atoms. The number of hydrogen-bond acceptors (Lipinski definition) is 6. The number of pyridine rings is 1. The van der Waals surface area contributed by atoms with Crippen molar-refractivity contribution in [1.82, 2.24) is 4.98 Å².